The summed E-state index contributed by atoms with van der Waals surface area (Å²) in [6.07, 6.45) is 5.03. The van der Waals surface area contributed by atoms with Gasteiger partial charge in [0.2, 0.25) is 5.91 Å². The Kier molecular flexibility index (Phi) is 5.77. The predicted octanol–water partition coefficient (Wildman–Crippen LogP) is 1.19. The molecule has 4 nitrogen and oxygen atoms in total. The van der Waals surface area contributed by atoms with Gasteiger partial charge in [-0.2, -0.15) is 0 Å². The van der Waals surface area contributed by atoms with Crippen molar-refractivity contribution in [2.75, 3.05) is 6.54 Å². The second kappa shape index (κ2) is 6.86. The van der Waals surface area contributed by atoms with Crippen molar-refractivity contribution in [1.82, 2.24) is 5.32 Å². The molecule has 4 heteroatoms. The molecule has 0 aromatic heterocycles. The van der Waals surface area contributed by atoms with E-state index in [1.165, 1.54) is 12.8 Å². The van der Waals surface area contributed by atoms with Crippen LogP contribution in [0.5, 0.6) is 0 Å². The summed E-state index contributed by atoms with van der Waals surface area (Å²) in [7, 11) is 0. The fraction of sp³-hybridized carbons (Fsp3) is 0.917. The van der Waals surface area contributed by atoms with E-state index in [2.05, 4.69) is 19.2 Å². The van der Waals surface area contributed by atoms with Gasteiger partial charge in [0.15, 0.2) is 0 Å². The molecule has 1 saturated heterocycles. The molecule has 1 aliphatic rings. The lowest BCUT2D eigenvalue weighted by Crippen LogP contribution is -2.36. The van der Waals surface area contributed by atoms with Crippen LogP contribution in [0.3, 0.4) is 0 Å². The molecule has 16 heavy (non-hydrogen) atoms. The van der Waals surface area contributed by atoms with E-state index in [1.807, 2.05) is 0 Å². The van der Waals surface area contributed by atoms with Crippen LogP contribution in [0, 0.1) is 0 Å². The maximum absolute atomic E-state index is 10.9. The molecule has 1 heterocycles. The van der Waals surface area contributed by atoms with Gasteiger partial charge < -0.3 is 15.8 Å². The van der Waals surface area contributed by atoms with E-state index < -0.39 is 0 Å². The van der Waals surface area contributed by atoms with Crippen LogP contribution < -0.4 is 11.1 Å². The average Bonchev–Trinajstić information content (AvgIpc) is 2.73. The van der Waals surface area contributed by atoms with Gasteiger partial charge in [-0.15, -0.1) is 0 Å². The highest BCUT2D eigenvalue weighted by Gasteiger charge is 2.28. The molecule has 0 aromatic rings. The Hall–Kier alpha value is -0.610. The molecular formula is C12H24N2O2. The van der Waals surface area contributed by atoms with Crippen molar-refractivity contribution in [2.45, 2.75) is 64.2 Å². The Morgan fingerprint density at radius 2 is 2.25 bits per heavy atom. The fourth-order valence-corrected chi connectivity index (χ4v) is 2.16. The molecule has 0 radical (unpaired) electrons. The molecule has 3 atom stereocenters. The van der Waals surface area contributed by atoms with E-state index in [9.17, 15) is 4.79 Å². The third-order valence-electron chi connectivity index (χ3n) is 3.19. The Balaban J connectivity index is 2.21. The number of hydrogen-bond donors (Lipinski definition) is 2. The molecule has 0 aromatic carbocycles. The van der Waals surface area contributed by atoms with Gasteiger partial charge in [-0.05, 0) is 25.7 Å². The zero-order valence-electron chi connectivity index (χ0n) is 10.4. The molecule has 0 spiro atoms. The summed E-state index contributed by atoms with van der Waals surface area (Å²) in [4.78, 5) is 10.9. The SMILES string of the molecule is CCCC(CC)NCC1CCC(C(N)=O)O1. The highest BCUT2D eigenvalue weighted by molar-refractivity contribution is 5.79. The lowest BCUT2D eigenvalue weighted by Gasteiger charge is -2.19. The summed E-state index contributed by atoms with van der Waals surface area (Å²) in [5.74, 6) is -0.330. The zero-order chi connectivity index (χ0) is 12.0. The monoisotopic (exact) mass is 228 g/mol. The Morgan fingerprint density at radius 1 is 1.50 bits per heavy atom. The molecule has 94 valence electrons. The molecule has 1 rings (SSSR count). The number of nitrogens with one attached hydrogen (secondary N) is 1. The number of carbonyl (C=O) groups is 1. The normalized spacial score (nSPS) is 26.9. The lowest BCUT2D eigenvalue weighted by atomic mass is 10.1. The summed E-state index contributed by atoms with van der Waals surface area (Å²) in [5.41, 5.74) is 5.21. The quantitative estimate of drug-likeness (QED) is 0.688. The number of amides is 1. The van der Waals surface area contributed by atoms with E-state index >= 15 is 0 Å². The molecule has 3 unspecified atom stereocenters. The maximum atomic E-state index is 10.9. The zero-order valence-corrected chi connectivity index (χ0v) is 10.4. The smallest absolute Gasteiger partial charge is 0.246 e. The first-order chi connectivity index (χ1) is 7.67. The van der Waals surface area contributed by atoms with Gasteiger partial charge in [-0.3, -0.25) is 4.79 Å². The summed E-state index contributed by atoms with van der Waals surface area (Å²) in [6.45, 7) is 5.22. The first-order valence-electron chi connectivity index (χ1n) is 6.35. The van der Waals surface area contributed by atoms with Crippen molar-refractivity contribution < 1.29 is 9.53 Å². The van der Waals surface area contributed by atoms with Crippen LogP contribution in [0.25, 0.3) is 0 Å². The summed E-state index contributed by atoms with van der Waals surface area (Å²) >= 11 is 0. The highest BCUT2D eigenvalue weighted by Crippen LogP contribution is 2.19. The largest absolute Gasteiger partial charge is 0.367 e. The van der Waals surface area contributed by atoms with Gasteiger partial charge in [0, 0.05) is 12.6 Å². The maximum Gasteiger partial charge on any atom is 0.246 e. The minimum absolute atomic E-state index is 0.156. The average molecular weight is 228 g/mol. The first kappa shape index (κ1) is 13.5. The van der Waals surface area contributed by atoms with Crippen molar-refractivity contribution in [1.29, 1.82) is 0 Å². The summed E-state index contributed by atoms with van der Waals surface area (Å²) in [5, 5.41) is 3.49. The number of rotatable bonds is 7. The molecule has 3 N–H and O–H groups in total. The Bertz CT molecular complexity index is 221. The second-order valence-corrected chi connectivity index (χ2v) is 4.53. The van der Waals surface area contributed by atoms with Crippen LogP contribution in [0.2, 0.25) is 0 Å². The molecule has 0 aliphatic carbocycles. The van der Waals surface area contributed by atoms with Crippen molar-refractivity contribution in [3.05, 3.63) is 0 Å². The first-order valence-corrected chi connectivity index (χ1v) is 6.35. The number of primary amides is 1. The van der Waals surface area contributed by atoms with E-state index in [0.717, 1.165) is 25.8 Å². The standard InChI is InChI=1S/C12H24N2O2/c1-3-5-9(4-2)14-8-10-6-7-11(16-10)12(13)15/h9-11,14H,3-8H2,1-2H3,(H2,13,15). The van der Waals surface area contributed by atoms with E-state index in [-0.39, 0.29) is 18.1 Å². The summed E-state index contributed by atoms with van der Waals surface area (Å²) < 4.78 is 5.56. The van der Waals surface area contributed by atoms with E-state index in [1.54, 1.807) is 0 Å². The van der Waals surface area contributed by atoms with Gasteiger partial charge in [0.1, 0.15) is 6.10 Å². The molecule has 0 saturated carbocycles. The topological polar surface area (TPSA) is 64.3 Å². The second-order valence-electron chi connectivity index (χ2n) is 4.53. The van der Waals surface area contributed by atoms with Gasteiger partial charge >= 0.3 is 0 Å². The highest BCUT2D eigenvalue weighted by atomic mass is 16.5. The van der Waals surface area contributed by atoms with Gasteiger partial charge in [-0.1, -0.05) is 20.3 Å². The van der Waals surface area contributed by atoms with Crippen LogP contribution in [-0.2, 0) is 9.53 Å². The predicted molar refractivity (Wildman–Crippen MR) is 64.1 cm³/mol. The van der Waals surface area contributed by atoms with Crippen molar-refractivity contribution in [2.24, 2.45) is 5.73 Å². The van der Waals surface area contributed by atoms with Crippen LogP contribution >= 0.6 is 0 Å². The minimum atomic E-state index is -0.363. The molecule has 1 aliphatic heterocycles. The Morgan fingerprint density at radius 3 is 2.75 bits per heavy atom. The Labute approximate surface area is 97.9 Å². The number of hydrogen-bond acceptors (Lipinski definition) is 3. The van der Waals surface area contributed by atoms with Crippen LogP contribution in [0.1, 0.15) is 46.0 Å². The van der Waals surface area contributed by atoms with Gasteiger partial charge in [0.05, 0.1) is 6.10 Å². The van der Waals surface area contributed by atoms with Crippen molar-refractivity contribution in [3.63, 3.8) is 0 Å². The van der Waals surface area contributed by atoms with E-state index in [4.69, 9.17) is 10.5 Å². The minimum Gasteiger partial charge on any atom is -0.367 e. The van der Waals surface area contributed by atoms with Crippen LogP contribution in [0.15, 0.2) is 0 Å². The third kappa shape index (κ3) is 4.10. The number of ether oxygens (including phenoxy) is 1. The molecule has 1 amide bonds. The molecule has 0 bridgehead atoms. The number of nitrogens with two attached hydrogens (primary N) is 1. The van der Waals surface area contributed by atoms with Gasteiger partial charge in [0.25, 0.3) is 0 Å². The third-order valence-corrected chi connectivity index (χ3v) is 3.19. The van der Waals surface area contributed by atoms with Crippen LogP contribution in [-0.4, -0.2) is 30.7 Å². The number of carbonyl (C=O) groups excluding carboxylic acids is 1. The molecule has 1 fully saturated rings. The molecular weight excluding hydrogens is 204 g/mol. The van der Waals surface area contributed by atoms with Gasteiger partial charge in [-0.25, -0.2) is 0 Å². The van der Waals surface area contributed by atoms with Crippen molar-refractivity contribution >= 4 is 5.91 Å². The van der Waals surface area contributed by atoms with E-state index in [0.29, 0.717) is 6.04 Å². The van der Waals surface area contributed by atoms with Crippen molar-refractivity contribution in [3.8, 4) is 0 Å². The fourth-order valence-electron chi connectivity index (χ4n) is 2.16. The summed E-state index contributed by atoms with van der Waals surface area (Å²) in [6, 6.07) is 0.571. The van der Waals surface area contributed by atoms with Crippen LogP contribution in [0.4, 0.5) is 0 Å². The lowest BCUT2D eigenvalue weighted by molar-refractivity contribution is -0.128.